The van der Waals surface area contributed by atoms with Gasteiger partial charge in [0.05, 0.1) is 17.7 Å². The van der Waals surface area contributed by atoms with Crippen LogP contribution in [0.15, 0.2) is 54.7 Å². The molecule has 1 fully saturated rings. The first kappa shape index (κ1) is 16.1. The van der Waals surface area contributed by atoms with Crippen molar-refractivity contribution in [3.8, 4) is 11.5 Å². The number of anilines is 1. The average Bonchev–Trinajstić information content (AvgIpc) is 3.13. The van der Waals surface area contributed by atoms with Gasteiger partial charge in [0.25, 0.3) is 0 Å². The first-order valence-electron chi connectivity index (χ1n) is 9.05. The van der Waals surface area contributed by atoms with Gasteiger partial charge in [-0.3, -0.25) is 4.40 Å². The molecule has 4 heterocycles. The van der Waals surface area contributed by atoms with Crippen molar-refractivity contribution >= 4 is 22.2 Å². The number of nitrogens with two attached hydrogens (primary N) is 1. The summed E-state index contributed by atoms with van der Waals surface area (Å²) in [4.78, 5) is 6.91. The quantitative estimate of drug-likeness (QED) is 0.594. The topological polar surface area (TPSA) is 72.3 Å². The largest absolute Gasteiger partial charge is 0.367 e. The number of piperidine rings is 1. The van der Waals surface area contributed by atoms with Crippen molar-refractivity contribution in [2.75, 3.05) is 18.0 Å². The number of halogens is 1. The van der Waals surface area contributed by atoms with Crippen LogP contribution in [-0.4, -0.2) is 44.9 Å². The summed E-state index contributed by atoms with van der Waals surface area (Å²) in [5, 5.41) is 9.51. The highest BCUT2D eigenvalue weighted by Gasteiger charge is 2.27. The second-order valence-corrected chi connectivity index (χ2v) is 6.91. The predicted molar refractivity (Wildman–Crippen MR) is 103 cm³/mol. The Morgan fingerprint density at radius 3 is 2.85 bits per heavy atom. The molecule has 0 radical (unpaired) electrons. The summed E-state index contributed by atoms with van der Waals surface area (Å²) >= 11 is 0. The SMILES string of the molecule is NC1CCN(c2cccc3ccc(-c4nnc5ccccn45)nc23)C[C@@H]1F. The molecule has 0 saturated carbocycles. The monoisotopic (exact) mass is 362 g/mol. The lowest BCUT2D eigenvalue weighted by Gasteiger charge is -2.34. The van der Waals surface area contributed by atoms with E-state index in [4.69, 9.17) is 10.7 Å². The smallest absolute Gasteiger partial charge is 0.187 e. The van der Waals surface area contributed by atoms with Crippen molar-refractivity contribution in [1.29, 1.82) is 0 Å². The summed E-state index contributed by atoms with van der Waals surface area (Å²) in [6, 6.07) is 15.3. The Morgan fingerprint density at radius 1 is 1.04 bits per heavy atom. The molecule has 0 amide bonds. The summed E-state index contributed by atoms with van der Waals surface area (Å²) in [6.45, 7) is 1.01. The third kappa shape index (κ3) is 2.71. The van der Waals surface area contributed by atoms with E-state index in [0.29, 0.717) is 18.8 Å². The van der Waals surface area contributed by atoms with Crippen LogP contribution in [-0.2, 0) is 0 Å². The Bertz CT molecular complexity index is 1120. The Morgan fingerprint density at radius 2 is 1.96 bits per heavy atom. The van der Waals surface area contributed by atoms with Gasteiger partial charge in [0, 0.05) is 24.2 Å². The fourth-order valence-electron chi connectivity index (χ4n) is 3.67. The molecule has 2 N–H and O–H groups in total. The van der Waals surface area contributed by atoms with Crippen LogP contribution in [0.5, 0.6) is 0 Å². The first-order chi connectivity index (χ1) is 13.2. The Balaban J connectivity index is 1.63. The summed E-state index contributed by atoms with van der Waals surface area (Å²) < 4.78 is 16.1. The van der Waals surface area contributed by atoms with Gasteiger partial charge < -0.3 is 10.6 Å². The van der Waals surface area contributed by atoms with Crippen LogP contribution in [0, 0.1) is 0 Å². The number of hydrogen-bond donors (Lipinski definition) is 1. The fraction of sp³-hybridized carbons (Fsp3) is 0.250. The second-order valence-electron chi connectivity index (χ2n) is 6.91. The number of rotatable bonds is 2. The molecule has 27 heavy (non-hydrogen) atoms. The third-order valence-electron chi connectivity index (χ3n) is 5.17. The molecule has 6 nitrogen and oxygen atoms in total. The molecule has 3 aromatic heterocycles. The van der Waals surface area contributed by atoms with Crippen molar-refractivity contribution in [3.05, 3.63) is 54.7 Å². The van der Waals surface area contributed by atoms with Crippen LogP contribution >= 0.6 is 0 Å². The standard InChI is InChI=1S/C20H19FN6/c21-14-12-26(11-9-15(14)22)17-5-3-4-13-7-8-16(23-19(13)17)20-25-24-18-6-1-2-10-27(18)20/h1-8,10,14-15H,9,11-12,22H2/t14-,15?/m0/s1. The molecule has 4 aromatic rings. The number of fused-ring (bicyclic) bond motifs is 2. The lowest BCUT2D eigenvalue weighted by atomic mass is 10.0. The molecule has 1 aromatic carbocycles. The highest BCUT2D eigenvalue weighted by Crippen LogP contribution is 2.30. The van der Waals surface area contributed by atoms with E-state index in [1.807, 2.05) is 64.0 Å². The maximum absolute atomic E-state index is 14.2. The van der Waals surface area contributed by atoms with Gasteiger partial charge in [-0.15, -0.1) is 10.2 Å². The molecular weight excluding hydrogens is 343 g/mol. The van der Waals surface area contributed by atoms with E-state index in [9.17, 15) is 4.39 Å². The van der Waals surface area contributed by atoms with Crippen molar-refractivity contribution < 1.29 is 4.39 Å². The minimum absolute atomic E-state index is 0.292. The Kier molecular flexibility index (Phi) is 3.75. The molecule has 1 aliphatic rings. The van der Waals surface area contributed by atoms with E-state index >= 15 is 0 Å². The van der Waals surface area contributed by atoms with E-state index in [1.54, 1.807) is 0 Å². The van der Waals surface area contributed by atoms with Crippen LogP contribution in [0.2, 0.25) is 0 Å². The molecule has 1 aliphatic heterocycles. The average molecular weight is 362 g/mol. The zero-order valence-electron chi connectivity index (χ0n) is 14.7. The van der Waals surface area contributed by atoms with Crippen molar-refractivity contribution in [2.45, 2.75) is 18.6 Å². The van der Waals surface area contributed by atoms with E-state index in [1.165, 1.54) is 0 Å². The predicted octanol–water partition coefficient (Wildman–Crippen LogP) is 2.82. The Hall–Kier alpha value is -3.06. The zero-order valence-corrected chi connectivity index (χ0v) is 14.7. The maximum atomic E-state index is 14.2. The van der Waals surface area contributed by atoms with Gasteiger partial charge in [-0.25, -0.2) is 9.37 Å². The van der Waals surface area contributed by atoms with Gasteiger partial charge in [-0.2, -0.15) is 0 Å². The van der Waals surface area contributed by atoms with Gasteiger partial charge >= 0.3 is 0 Å². The molecule has 0 spiro atoms. The Labute approximate surface area is 155 Å². The van der Waals surface area contributed by atoms with E-state index in [2.05, 4.69) is 10.2 Å². The molecule has 7 heteroatoms. The second kappa shape index (κ2) is 6.28. The van der Waals surface area contributed by atoms with Crippen molar-refractivity contribution in [2.24, 2.45) is 5.73 Å². The van der Waals surface area contributed by atoms with Crippen molar-refractivity contribution in [1.82, 2.24) is 19.6 Å². The van der Waals surface area contributed by atoms with Crippen LogP contribution in [0.1, 0.15) is 6.42 Å². The summed E-state index contributed by atoms with van der Waals surface area (Å²) in [5.74, 6) is 0.686. The summed E-state index contributed by atoms with van der Waals surface area (Å²) in [6.07, 6.45) is 1.52. The number of para-hydroxylation sites is 1. The van der Waals surface area contributed by atoms with Gasteiger partial charge in [-0.05, 0) is 30.7 Å². The van der Waals surface area contributed by atoms with Gasteiger partial charge in [0.1, 0.15) is 11.9 Å². The minimum Gasteiger partial charge on any atom is -0.367 e. The molecule has 136 valence electrons. The number of benzene rings is 1. The van der Waals surface area contributed by atoms with Crippen LogP contribution in [0.3, 0.4) is 0 Å². The molecule has 0 bridgehead atoms. The maximum Gasteiger partial charge on any atom is 0.187 e. The number of pyridine rings is 2. The molecule has 1 saturated heterocycles. The minimum atomic E-state index is -1.03. The summed E-state index contributed by atoms with van der Waals surface area (Å²) in [7, 11) is 0. The van der Waals surface area contributed by atoms with Gasteiger partial charge in [0.2, 0.25) is 0 Å². The number of hydrogen-bond acceptors (Lipinski definition) is 5. The third-order valence-corrected chi connectivity index (χ3v) is 5.17. The van der Waals surface area contributed by atoms with E-state index < -0.39 is 6.17 Å². The van der Waals surface area contributed by atoms with Crippen molar-refractivity contribution in [3.63, 3.8) is 0 Å². The zero-order chi connectivity index (χ0) is 18.4. The highest BCUT2D eigenvalue weighted by molar-refractivity contribution is 5.92. The lowest BCUT2D eigenvalue weighted by Crippen LogP contribution is -2.48. The van der Waals surface area contributed by atoms with Crippen LogP contribution < -0.4 is 10.6 Å². The van der Waals surface area contributed by atoms with Gasteiger partial charge in [0.15, 0.2) is 11.5 Å². The van der Waals surface area contributed by atoms with Crippen LogP contribution in [0.25, 0.3) is 28.1 Å². The van der Waals surface area contributed by atoms with Gasteiger partial charge in [-0.1, -0.05) is 24.3 Å². The number of aromatic nitrogens is 4. The van der Waals surface area contributed by atoms with E-state index in [0.717, 1.165) is 34.5 Å². The molecule has 1 unspecified atom stereocenters. The number of nitrogens with zero attached hydrogens (tertiary/aromatic N) is 5. The fourth-order valence-corrected chi connectivity index (χ4v) is 3.67. The normalized spacial score (nSPS) is 20.4. The highest BCUT2D eigenvalue weighted by atomic mass is 19.1. The van der Waals surface area contributed by atoms with Crippen LogP contribution in [0.4, 0.5) is 10.1 Å². The first-order valence-corrected chi connectivity index (χ1v) is 9.05. The summed E-state index contributed by atoms with van der Waals surface area (Å²) in [5.41, 5.74) is 9.11. The van der Waals surface area contributed by atoms with E-state index in [-0.39, 0.29) is 6.04 Å². The number of alkyl halides is 1. The lowest BCUT2D eigenvalue weighted by molar-refractivity contribution is 0.251. The molecule has 5 rings (SSSR count). The molecular formula is C20H19FN6. The molecule has 0 aliphatic carbocycles. The molecule has 2 atom stereocenters.